The number of rotatable bonds is 4. The lowest BCUT2D eigenvalue weighted by Gasteiger charge is -2.08. The highest BCUT2D eigenvalue weighted by molar-refractivity contribution is 5.87. The van der Waals surface area contributed by atoms with Crippen LogP contribution in [0.4, 0.5) is 0 Å². The van der Waals surface area contributed by atoms with Crippen molar-refractivity contribution in [2.24, 2.45) is 0 Å². The fourth-order valence-corrected chi connectivity index (χ4v) is 2.07. The van der Waals surface area contributed by atoms with Crippen LogP contribution in [0, 0.1) is 0 Å². The zero-order chi connectivity index (χ0) is 11.7. The van der Waals surface area contributed by atoms with Gasteiger partial charge in [-0.15, -0.1) is 0 Å². The Kier molecular flexibility index (Phi) is 2.73. The molecule has 0 amide bonds. The minimum Gasteiger partial charge on any atom is -0.491 e. The number of fused-ring (bicyclic) bond motifs is 1. The SMILES string of the molecule is CCc1cccc2ccc(OCC3CO3)cc12. The van der Waals surface area contributed by atoms with E-state index in [9.17, 15) is 0 Å². The summed E-state index contributed by atoms with van der Waals surface area (Å²) in [5, 5.41) is 2.57. The summed E-state index contributed by atoms with van der Waals surface area (Å²) >= 11 is 0. The van der Waals surface area contributed by atoms with Gasteiger partial charge in [-0.25, -0.2) is 0 Å². The largest absolute Gasteiger partial charge is 0.491 e. The average Bonchev–Trinajstić information content (AvgIpc) is 3.19. The maximum absolute atomic E-state index is 5.71. The number of aryl methyl sites for hydroxylation is 1. The molecule has 1 aliphatic heterocycles. The molecule has 0 bridgehead atoms. The van der Waals surface area contributed by atoms with Gasteiger partial charge in [-0.3, -0.25) is 0 Å². The van der Waals surface area contributed by atoms with Crippen LogP contribution in [0.1, 0.15) is 12.5 Å². The molecule has 1 aliphatic rings. The Balaban J connectivity index is 1.92. The van der Waals surface area contributed by atoms with Crippen molar-refractivity contribution in [1.29, 1.82) is 0 Å². The van der Waals surface area contributed by atoms with Crippen LogP contribution < -0.4 is 4.74 Å². The van der Waals surface area contributed by atoms with Gasteiger partial charge in [0, 0.05) is 0 Å². The summed E-state index contributed by atoms with van der Waals surface area (Å²) in [5.74, 6) is 0.939. The smallest absolute Gasteiger partial charge is 0.120 e. The molecule has 3 rings (SSSR count). The van der Waals surface area contributed by atoms with Crippen LogP contribution in [0.3, 0.4) is 0 Å². The normalized spacial score (nSPS) is 18.3. The second kappa shape index (κ2) is 4.38. The van der Waals surface area contributed by atoms with Crippen molar-refractivity contribution in [2.75, 3.05) is 13.2 Å². The molecule has 2 heteroatoms. The molecule has 0 aromatic heterocycles. The van der Waals surface area contributed by atoms with Crippen LogP contribution in [-0.2, 0) is 11.2 Å². The molecule has 1 saturated heterocycles. The van der Waals surface area contributed by atoms with E-state index in [0.29, 0.717) is 12.7 Å². The van der Waals surface area contributed by atoms with Gasteiger partial charge in [-0.05, 0) is 34.9 Å². The zero-order valence-corrected chi connectivity index (χ0v) is 9.98. The Labute approximate surface area is 101 Å². The Bertz CT molecular complexity index is 529. The van der Waals surface area contributed by atoms with Gasteiger partial charge in [0.05, 0.1) is 6.61 Å². The number of ether oxygens (including phenoxy) is 2. The van der Waals surface area contributed by atoms with Crippen molar-refractivity contribution >= 4 is 10.8 Å². The molecule has 0 saturated carbocycles. The number of epoxide rings is 1. The molecule has 2 aromatic carbocycles. The summed E-state index contributed by atoms with van der Waals surface area (Å²) in [7, 11) is 0. The first kappa shape index (κ1) is 10.6. The van der Waals surface area contributed by atoms with Crippen LogP contribution in [0.25, 0.3) is 10.8 Å². The third kappa shape index (κ3) is 2.27. The van der Waals surface area contributed by atoms with Crippen LogP contribution in [0.5, 0.6) is 5.75 Å². The minimum absolute atomic E-state index is 0.312. The number of hydrogen-bond acceptors (Lipinski definition) is 2. The lowest BCUT2D eigenvalue weighted by atomic mass is 10.0. The van der Waals surface area contributed by atoms with Crippen molar-refractivity contribution in [2.45, 2.75) is 19.4 Å². The minimum atomic E-state index is 0.312. The van der Waals surface area contributed by atoms with Crippen LogP contribution in [-0.4, -0.2) is 19.3 Å². The highest BCUT2D eigenvalue weighted by Gasteiger charge is 2.23. The summed E-state index contributed by atoms with van der Waals surface area (Å²) in [6, 6.07) is 12.7. The second-order valence-electron chi connectivity index (χ2n) is 4.42. The van der Waals surface area contributed by atoms with Crippen molar-refractivity contribution in [3.63, 3.8) is 0 Å². The monoisotopic (exact) mass is 228 g/mol. The number of benzene rings is 2. The van der Waals surface area contributed by atoms with Gasteiger partial charge in [0.1, 0.15) is 18.5 Å². The summed E-state index contributed by atoms with van der Waals surface area (Å²) < 4.78 is 10.9. The highest BCUT2D eigenvalue weighted by Crippen LogP contribution is 2.25. The van der Waals surface area contributed by atoms with E-state index >= 15 is 0 Å². The molecule has 0 radical (unpaired) electrons. The molecular formula is C15H16O2. The van der Waals surface area contributed by atoms with Gasteiger partial charge in [0.25, 0.3) is 0 Å². The molecule has 1 heterocycles. The van der Waals surface area contributed by atoms with Gasteiger partial charge in [-0.1, -0.05) is 31.2 Å². The van der Waals surface area contributed by atoms with E-state index in [1.807, 2.05) is 6.07 Å². The fraction of sp³-hybridized carbons (Fsp3) is 0.333. The van der Waals surface area contributed by atoms with Gasteiger partial charge < -0.3 is 9.47 Å². The quantitative estimate of drug-likeness (QED) is 0.750. The summed E-state index contributed by atoms with van der Waals surface area (Å²) in [5.41, 5.74) is 1.37. The maximum Gasteiger partial charge on any atom is 0.120 e. The molecular weight excluding hydrogens is 212 g/mol. The van der Waals surface area contributed by atoms with Gasteiger partial charge in [0.2, 0.25) is 0 Å². The van der Waals surface area contributed by atoms with E-state index in [2.05, 4.69) is 37.3 Å². The molecule has 0 aliphatic carbocycles. The van der Waals surface area contributed by atoms with E-state index in [0.717, 1.165) is 18.8 Å². The van der Waals surface area contributed by atoms with Gasteiger partial charge in [0.15, 0.2) is 0 Å². The third-order valence-corrected chi connectivity index (χ3v) is 3.16. The fourth-order valence-electron chi connectivity index (χ4n) is 2.07. The lowest BCUT2D eigenvalue weighted by molar-refractivity contribution is 0.263. The van der Waals surface area contributed by atoms with E-state index in [4.69, 9.17) is 9.47 Å². The first-order valence-electron chi connectivity index (χ1n) is 6.13. The molecule has 2 aromatic rings. The van der Waals surface area contributed by atoms with E-state index in [-0.39, 0.29) is 0 Å². The summed E-state index contributed by atoms with van der Waals surface area (Å²) in [4.78, 5) is 0. The Morgan fingerprint density at radius 3 is 2.94 bits per heavy atom. The molecule has 2 nitrogen and oxygen atoms in total. The van der Waals surface area contributed by atoms with Gasteiger partial charge in [-0.2, -0.15) is 0 Å². The molecule has 1 fully saturated rings. The van der Waals surface area contributed by atoms with Crippen molar-refractivity contribution < 1.29 is 9.47 Å². The van der Waals surface area contributed by atoms with Crippen LogP contribution in [0.15, 0.2) is 36.4 Å². The highest BCUT2D eigenvalue weighted by atomic mass is 16.6. The summed E-state index contributed by atoms with van der Waals surface area (Å²) in [6.45, 7) is 3.69. The molecule has 0 N–H and O–H groups in total. The predicted octanol–water partition coefficient (Wildman–Crippen LogP) is 3.18. The van der Waals surface area contributed by atoms with Crippen molar-refractivity contribution in [3.8, 4) is 5.75 Å². The molecule has 1 unspecified atom stereocenters. The van der Waals surface area contributed by atoms with Crippen LogP contribution >= 0.6 is 0 Å². The lowest BCUT2D eigenvalue weighted by Crippen LogP contribution is -2.03. The van der Waals surface area contributed by atoms with Crippen molar-refractivity contribution in [3.05, 3.63) is 42.0 Å². The predicted molar refractivity (Wildman–Crippen MR) is 68.6 cm³/mol. The topological polar surface area (TPSA) is 21.8 Å². The van der Waals surface area contributed by atoms with E-state index in [1.165, 1.54) is 16.3 Å². The zero-order valence-electron chi connectivity index (χ0n) is 9.98. The molecule has 0 spiro atoms. The molecule has 17 heavy (non-hydrogen) atoms. The maximum atomic E-state index is 5.71. The molecule has 1 atom stereocenters. The average molecular weight is 228 g/mol. The molecule has 88 valence electrons. The van der Waals surface area contributed by atoms with E-state index < -0.39 is 0 Å². The van der Waals surface area contributed by atoms with Crippen LogP contribution in [0.2, 0.25) is 0 Å². The number of hydrogen-bond donors (Lipinski definition) is 0. The van der Waals surface area contributed by atoms with E-state index in [1.54, 1.807) is 0 Å². The first-order valence-corrected chi connectivity index (χ1v) is 6.13. The standard InChI is InChI=1S/C15H16O2/c1-2-11-4-3-5-12-6-7-13(8-15(11)12)16-9-14-10-17-14/h3-8,14H,2,9-10H2,1H3. The third-order valence-electron chi connectivity index (χ3n) is 3.16. The van der Waals surface area contributed by atoms with Crippen molar-refractivity contribution in [1.82, 2.24) is 0 Å². The Morgan fingerprint density at radius 2 is 2.18 bits per heavy atom. The van der Waals surface area contributed by atoms with Gasteiger partial charge >= 0.3 is 0 Å². The summed E-state index contributed by atoms with van der Waals surface area (Å²) in [6.07, 6.45) is 1.36. The second-order valence-corrected chi connectivity index (χ2v) is 4.42. The first-order chi connectivity index (χ1) is 8.36. The Morgan fingerprint density at radius 1 is 1.29 bits per heavy atom. The Hall–Kier alpha value is -1.54.